The number of nitrogens with one attached hydrogen (secondary N) is 1. The Balaban J connectivity index is 2.89. The molecule has 12 heavy (non-hydrogen) atoms. The van der Waals surface area contributed by atoms with Gasteiger partial charge in [-0.2, -0.15) is 0 Å². The summed E-state index contributed by atoms with van der Waals surface area (Å²) in [5.74, 6) is 0.115. The first-order valence-electron chi connectivity index (χ1n) is 3.53. The normalized spacial score (nSPS) is 9.83. The Bertz CT molecular complexity index is 309. The molecule has 0 aliphatic carbocycles. The molecule has 64 valence electrons. The van der Waals surface area contributed by atoms with Crippen molar-refractivity contribution in [2.24, 2.45) is 5.73 Å². The van der Waals surface area contributed by atoms with Crippen molar-refractivity contribution in [2.75, 3.05) is 0 Å². The third kappa shape index (κ3) is 2.20. The van der Waals surface area contributed by atoms with Gasteiger partial charge in [0.05, 0.1) is 10.9 Å². The van der Waals surface area contributed by atoms with Gasteiger partial charge in [0.25, 0.3) is 0 Å². The third-order valence-electron chi connectivity index (χ3n) is 1.48. The Morgan fingerprint density at radius 2 is 2.42 bits per heavy atom. The van der Waals surface area contributed by atoms with Gasteiger partial charge in [-0.25, -0.2) is 0 Å². The van der Waals surface area contributed by atoms with E-state index in [0.717, 1.165) is 11.3 Å². The third-order valence-corrected chi connectivity index (χ3v) is 1.87. The van der Waals surface area contributed by atoms with Crippen LogP contribution >= 0.6 is 11.6 Å². The van der Waals surface area contributed by atoms with Gasteiger partial charge in [-0.15, -0.1) is 0 Å². The van der Waals surface area contributed by atoms with Gasteiger partial charge in [-0.3, -0.25) is 10.4 Å². The van der Waals surface area contributed by atoms with Crippen LogP contribution in [-0.2, 0) is 6.42 Å². The first-order chi connectivity index (χ1) is 5.59. The molecule has 0 spiro atoms. The quantitative estimate of drug-likeness (QED) is 0.540. The molecular formula is C8H10ClN3. The van der Waals surface area contributed by atoms with Gasteiger partial charge in [0.1, 0.15) is 0 Å². The molecule has 0 fully saturated rings. The van der Waals surface area contributed by atoms with E-state index in [4.69, 9.17) is 22.7 Å². The standard InChI is InChI=1S/C8H10ClN3/c1-5-2-6(3-8(10)11)12-4-7(5)9/h2,4H,3H2,1H3,(H3,10,11). The summed E-state index contributed by atoms with van der Waals surface area (Å²) in [7, 11) is 0. The first kappa shape index (κ1) is 9.00. The van der Waals surface area contributed by atoms with Crippen LogP contribution < -0.4 is 5.73 Å². The lowest BCUT2D eigenvalue weighted by Gasteiger charge is -2.01. The molecule has 0 atom stereocenters. The van der Waals surface area contributed by atoms with E-state index in [1.807, 2.05) is 13.0 Å². The summed E-state index contributed by atoms with van der Waals surface area (Å²) >= 11 is 5.77. The Kier molecular flexibility index (Phi) is 2.65. The smallest absolute Gasteiger partial charge is 0.0966 e. The zero-order valence-electron chi connectivity index (χ0n) is 6.76. The maximum atomic E-state index is 7.06. The predicted octanol–water partition coefficient (Wildman–Crippen LogP) is 1.52. The summed E-state index contributed by atoms with van der Waals surface area (Å²) < 4.78 is 0. The first-order valence-corrected chi connectivity index (χ1v) is 3.91. The van der Waals surface area contributed by atoms with E-state index < -0.39 is 0 Å². The van der Waals surface area contributed by atoms with E-state index in [1.54, 1.807) is 6.20 Å². The highest BCUT2D eigenvalue weighted by Gasteiger charge is 1.99. The topological polar surface area (TPSA) is 62.8 Å². The van der Waals surface area contributed by atoms with Crippen LogP contribution in [-0.4, -0.2) is 10.8 Å². The number of hydrogen-bond acceptors (Lipinski definition) is 2. The SMILES string of the molecule is Cc1cc(CC(=N)N)ncc1Cl. The molecule has 1 heterocycles. The van der Waals surface area contributed by atoms with E-state index in [-0.39, 0.29) is 5.84 Å². The maximum Gasteiger partial charge on any atom is 0.0966 e. The number of nitrogens with zero attached hydrogens (tertiary/aromatic N) is 1. The van der Waals surface area contributed by atoms with Crippen molar-refractivity contribution < 1.29 is 0 Å². The zero-order valence-corrected chi connectivity index (χ0v) is 7.52. The van der Waals surface area contributed by atoms with Gasteiger partial charge < -0.3 is 5.73 Å². The minimum absolute atomic E-state index is 0.115. The average Bonchev–Trinajstić information content (AvgIpc) is 1.96. The molecular weight excluding hydrogens is 174 g/mol. The summed E-state index contributed by atoms with van der Waals surface area (Å²) in [5, 5.41) is 7.70. The van der Waals surface area contributed by atoms with E-state index in [2.05, 4.69) is 4.98 Å². The number of aromatic nitrogens is 1. The van der Waals surface area contributed by atoms with Crippen LogP contribution in [0.2, 0.25) is 5.02 Å². The molecule has 0 amide bonds. The van der Waals surface area contributed by atoms with Crippen molar-refractivity contribution >= 4 is 17.4 Å². The van der Waals surface area contributed by atoms with Crippen molar-refractivity contribution in [3.63, 3.8) is 0 Å². The second kappa shape index (κ2) is 3.54. The molecule has 0 saturated carbocycles. The molecule has 4 heteroatoms. The predicted molar refractivity (Wildman–Crippen MR) is 49.6 cm³/mol. The summed E-state index contributed by atoms with van der Waals surface area (Å²) in [6, 6.07) is 1.84. The molecule has 0 aliphatic heterocycles. The van der Waals surface area contributed by atoms with Crippen LogP contribution in [0.15, 0.2) is 12.3 Å². The molecule has 0 saturated heterocycles. The zero-order chi connectivity index (χ0) is 9.14. The molecule has 3 N–H and O–H groups in total. The van der Waals surface area contributed by atoms with Gasteiger partial charge in [0.15, 0.2) is 0 Å². The summed E-state index contributed by atoms with van der Waals surface area (Å²) in [6.45, 7) is 1.90. The van der Waals surface area contributed by atoms with Gasteiger partial charge in [-0.05, 0) is 18.6 Å². The highest BCUT2D eigenvalue weighted by molar-refractivity contribution is 6.31. The fourth-order valence-electron chi connectivity index (χ4n) is 0.889. The van der Waals surface area contributed by atoms with Gasteiger partial charge in [0, 0.05) is 18.3 Å². The van der Waals surface area contributed by atoms with Crippen LogP contribution in [0.1, 0.15) is 11.3 Å². The Labute approximate surface area is 76.1 Å². The van der Waals surface area contributed by atoms with Crippen LogP contribution in [0.3, 0.4) is 0 Å². The summed E-state index contributed by atoms with van der Waals surface area (Å²) in [4.78, 5) is 4.03. The molecule has 1 rings (SSSR count). The minimum atomic E-state index is 0.115. The van der Waals surface area contributed by atoms with Crippen molar-refractivity contribution in [2.45, 2.75) is 13.3 Å². The molecule has 0 aromatic carbocycles. The van der Waals surface area contributed by atoms with Crippen molar-refractivity contribution in [1.29, 1.82) is 5.41 Å². The van der Waals surface area contributed by atoms with E-state index in [0.29, 0.717) is 11.4 Å². The highest BCUT2D eigenvalue weighted by atomic mass is 35.5. The monoisotopic (exact) mass is 183 g/mol. The molecule has 1 aromatic rings. The maximum absolute atomic E-state index is 7.06. The van der Waals surface area contributed by atoms with E-state index >= 15 is 0 Å². The number of halogens is 1. The number of aryl methyl sites for hydroxylation is 1. The average molecular weight is 184 g/mol. The van der Waals surface area contributed by atoms with Crippen molar-refractivity contribution in [3.05, 3.63) is 28.5 Å². The second-order valence-corrected chi connectivity index (χ2v) is 3.03. The molecule has 3 nitrogen and oxygen atoms in total. The molecule has 0 aliphatic rings. The summed E-state index contributed by atoms with van der Waals surface area (Å²) in [6.07, 6.45) is 1.97. The molecule has 0 bridgehead atoms. The number of amidine groups is 1. The van der Waals surface area contributed by atoms with Crippen LogP contribution in [0.4, 0.5) is 0 Å². The lowest BCUT2D eigenvalue weighted by Crippen LogP contribution is -2.13. The number of hydrogen-bond donors (Lipinski definition) is 2. The largest absolute Gasteiger partial charge is 0.387 e. The summed E-state index contributed by atoms with van der Waals surface area (Å²) in [5.41, 5.74) is 6.97. The second-order valence-electron chi connectivity index (χ2n) is 2.63. The highest BCUT2D eigenvalue weighted by Crippen LogP contribution is 2.13. The lowest BCUT2D eigenvalue weighted by molar-refractivity contribution is 1.10. The minimum Gasteiger partial charge on any atom is -0.387 e. The molecule has 1 aromatic heterocycles. The van der Waals surface area contributed by atoms with Crippen molar-refractivity contribution in [3.8, 4) is 0 Å². The Hall–Kier alpha value is -1.09. The molecule has 0 unspecified atom stereocenters. The van der Waals surface area contributed by atoms with E-state index in [9.17, 15) is 0 Å². The van der Waals surface area contributed by atoms with Crippen LogP contribution in [0.25, 0.3) is 0 Å². The Morgan fingerprint density at radius 1 is 1.75 bits per heavy atom. The molecule has 0 radical (unpaired) electrons. The Morgan fingerprint density at radius 3 is 2.92 bits per heavy atom. The number of nitrogens with two attached hydrogens (primary N) is 1. The van der Waals surface area contributed by atoms with Gasteiger partial charge >= 0.3 is 0 Å². The van der Waals surface area contributed by atoms with Crippen LogP contribution in [0.5, 0.6) is 0 Å². The fourth-order valence-corrected chi connectivity index (χ4v) is 0.993. The van der Waals surface area contributed by atoms with Gasteiger partial charge in [-0.1, -0.05) is 11.6 Å². The lowest BCUT2D eigenvalue weighted by atomic mass is 10.2. The number of pyridine rings is 1. The van der Waals surface area contributed by atoms with Crippen LogP contribution in [0, 0.1) is 12.3 Å². The van der Waals surface area contributed by atoms with E-state index in [1.165, 1.54) is 0 Å². The number of rotatable bonds is 2. The van der Waals surface area contributed by atoms with Gasteiger partial charge in [0.2, 0.25) is 0 Å². The fraction of sp³-hybridized carbons (Fsp3) is 0.250. The van der Waals surface area contributed by atoms with Crippen molar-refractivity contribution in [1.82, 2.24) is 4.98 Å².